The highest BCUT2D eigenvalue weighted by atomic mass is 32.1. The van der Waals surface area contributed by atoms with Crippen molar-refractivity contribution in [1.29, 1.82) is 0 Å². The maximum Gasteiger partial charge on any atom is 0.230 e. The molecular formula is C20H15N3OS. The average molecular weight is 345 g/mol. The molecule has 5 heteroatoms. The normalized spacial score (nSPS) is 10.7. The largest absolute Gasteiger partial charge is 0.302 e. The van der Waals surface area contributed by atoms with Crippen LogP contribution in [0.1, 0.15) is 5.56 Å². The van der Waals surface area contributed by atoms with Crippen LogP contribution in [-0.2, 0) is 11.2 Å². The molecule has 0 atom stereocenters. The van der Waals surface area contributed by atoms with Gasteiger partial charge in [-0.3, -0.25) is 9.78 Å². The Kier molecular flexibility index (Phi) is 4.23. The lowest BCUT2D eigenvalue weighted by Gasteiger charge is -2.04. The van der Waals surface area contributed by atoms with Crippen molar-refractivity contribution in [2.24, 2.45) is 0 Å². The molecule has 1 N–H and O–H groups in total. The first-order chi connectivity index (χ1) is 12.3. The number of thiazole rings is 1. The molecular weight excluding hydrogens is 330 g/mol. The standard InChI is InChI=1S/C20H15N3OS/c24-19(23-20-22-17-3-1-2-4-18(17)25-20)13-14-5-7-15(8-6-14)16-9-11-21-12-10-16/h1-12H,13H2,(H,22,23,24). The molecule has 0 bridgehead atoms. The lowest BCUT2D eigenvalue weighted by atomic mass is 10.0. The summed E-state index contributed by atoms with van der Waals surface area (Å²) >= 11 is 1.49. The zero-order valence-corrected chi connectivity index (χ0v) is 14.2. The Morgan fingerprint density at radius 3 is 2.40 bits per heavy atom. The van der Waals surface area contributed by atoms with E-state index < -0.39 is 0 Å². The third-order valence-electron chi connectivity index (χ3n) is 3.87. The number of carbonyl (C=O) groups excluding carboxylic acids is 1. The second kappa shape index (κ2) is 6.83. The van der Waals surface area contributed by atoms with E-state index in [4.69, 9.17) is 0 Å². The lowest BCUT2D eigenvalue weighted by Crippen LogP contribution is -2.14. The van der Waals surface area contributed by atoms with Gasteiger partial charge >= 0.3 is 0 Å². The van der Waals surface area contributed by atoms with E-state index in [2.05, 4.69) is 15.3 Å². The molecule has 4 rings (SSSR count). The van der Waals surface area contributed by atoms with Gasteiger partial charge in [-0.2, -0.15) is 0 Å². The van der Waals surface area contributed by atoms with E-state index in [0.717, 1.165) is 26.9 Å². The van der Waals surface area contributed by atoms with Crippen LogP contribution < -0.4 is 5.32 Å². The Bertz CT molecular complexity index is 977. The van der Waals surface area contributed by atoms with Gasteiger partial charge in [0.2, 0.25) is 5.91 Å². The van der Waals surface area contributed by atoms with E-state index >= 15 is 0 Å². The highest BCUT2D eigenvalue weighted by molar-refractivity contribution is 7.22. The number of benzene rings is 2. The number of anilines is 1. The Labute approximate surface area is 149 Å². The second-order valence-corrected chi connectivity index (χ2v) is 6.68. The maximum atomic E-state index is 12.3. The Balaban J connectivity index is 1.43. The van der Waals surface area contributed by atoms with Crippen molar-refractivity contribution in [2.75, 3.05) is 5.32 Å². The summed E-state index contributed by atoms with van der Waals surface area (Å²) in [5.74, 6) is -0.0595. The van der Waals surface area contributed by atoms with E-state index in [1.807, 2.05) is 60.7 Å². The molecule has 25 heavy (non-hydrogen) atoms. The number of amides is 1. The number of carbonyl (C=O) groups is 1. The van der Waals surface area contributed by atoms with Crippen molar-refractivity contribution in [1.82, 2.24) is 9.97 Å². The first-order valence-corrected chi connectivity index (χ1v) is 8.74. The lowest BCUT2D eigenvalue weighted by molar-refractivity contribution is -0.115. The summed E-state index contributed by atoms with van der Waals surface area (Å²) in [5, 5.41) is 3.52. The summed E-state index contributed by atoms with van der Waals surface area (Å²) in [4.78, 5) is 20.7. The van der Waals surface area contributed by atoms with Gasteiger partial charge in [0.15, 0.2) is 5.13 Å². The SMILES string of the molecule is O=C(Cc1ccc(-c2ccncc2)cc1)Nc1nc2ccccc2s1. The topological polar surface area (TPSA) is 54.9 Å². The third kappa shape index (κ3) is 3.56. The summed E-state index contributed by atoms with van der Waals surface area (Å²) in [6.45, 7) is 0. The molecule has 0 saturated carbocycles. The van der Waals surface area contributed by atoms with E-state index in [0.29, 0.717) is 11.6 Å². The molecule has 0 aliphatic rings. The number of rotatable bonds is 4. The van der Waals surface area contributed by atoms with Crippen molar-refractivity contribution in [2.45, 2.75) is 6.42 Å². The van der Waals surface area contributed by atoms with Crippen molar-refractivity contribution < 1.29 is 4.79 Å². The zero-order chi connectivity index (χ0) is 17.1. The summed E-state index contributed by atoms with van der Waals surface area (Å²) in [6, 6.07) is 19.8. The molecule has 0 radical (unpaired) electrons. The minimum Gasteiger partial charge on any atom is -0.302 e. The van der Waals surface area contributed by atoms with E-state index in [9.17, 15) is 4.79 Å². The smallest absolute Gasteiger partial charge is 0.230 e. The number of para-hydroxylation sites is 1. The minimum absolute atomic E-state index is 0.0595. The van der Waals surface area contributed by atoms with Gasteiger partial charge in [0.1, 0.15) is 0 Å². The quantitative estimate of drug-likeness (QED) is 0.591. The number of hydrogen-bond donors (Lipinski definition) is 1. The van der Waals surface area contributed by atoms with Crippen LogP contribution in [0.2, 0.25) is 0 Å². The van der Waals surface area contributed by atoms with Crippen LogP contribution in [0.25, 0.3) is 21.3 Å². The molecule has 2 aromatic carbocycles. The third-order valence-corrected chi connectivity index (χ3v) is 4.82. The van der Waals surface area contributed by atoms with E-state index in [1.54, 1.807) is 12.4 Å². The van der Waals surface area contributed by atoms with Gasteiger partial charge < -0.3 is 5.32 Å². The number of nitrogens with zero attached hydrogens (tertiary/aromatic N) is 2. The summed E-state index contributed by atoms with van der Waals surface area (Å²) < 4.78 is 1.07. The number of pyridine rings is 1. The second-order valence-electron chi connectivity index (χ2n) is 5.64. The van der Waals surface area contributed by atoms with Crippen molar-refractivity contribution in [3.8, 4) is 11.1 Å². The number of nitrogens with one attached hydrogen (secondary N) is 1. The summed E-state index contributed by atoms with van der Waals surface area (Å²) in [6.07, 6.45) is 3.87. The average Bonchev–Trinajstić information content (AvgIpc) is 3.05. The number of hydrogen-bond acceptors (Lipinski definition) is 4. The van der Waals surface area contributed by atoms with Crippen LogP contribution in [0.15, 0.2) is 73.1 Å². The Morgan fingerprint density at radius 2 is 1.64 bits per heavy atom. The Morgan fingerprint density at radius 1 is 0.920 bits per heavy atom. The van der Waals surface area contributed by atoms with Crippen LogP contribution in [0.3, 0.4) is 0 Å². The molecule has 0 aliphatic heterocycles. The molecule has 2 heterocycles. The van der Waals surface area contributed by atoms with Gasteiger partial charge in [-0.1, -0.05) is 47.7 Å². The first kappa shape index (κ1) is 15.5. The van der Waals surface area contributed by atoms with Crippen LogP contribution in [-0.4, -0.2) is 15.9 Å². The van der Waals surface area contributed by atoms with Gasteiger partial charge in [-0.15, -0.1) is 0 Å². The van der Waals surface area contributed by atoms with Gasteiger partial charge in [0.25, 0.3) is 0 Å². The fraction of sp³-hybridized carbons (Fsp3) is 0.0500. The van der Waals surface area contributed by atoms with Crippen LogP contribution in [0.4, 0.5) is 5.13 Å². The van der Waals surface area contributed by atoms with Crippen molar-refractivity contribution in [3.63, 3.8) is 0 Å². The molecule has 4 nitrogen and oxygen atoms in total. The van der Waals surface area contributed by atoms with Crippen molar-refractivity contribution >= 4 is 32.6 Å². The van der Waals surface area contributed by atoms with E-state index in [1.165, 1.54) is 11.3 Å². The molecule has 0 spiro atoms. The number of aromatic nitrogens is 2. The highest BCUT2D eigenvalue weighted by Gasteiger charge is 2.08. The fourth-order valence-corrected chi connectivity index (χ4v) is 3.52. The predicted molar refractivity (Wildman–Crippen MR) is 102 cm³/mol. The van der Waals surface area contributed by atoms with Crippen molar-refractivity contribution in [3.05, 3.63) is 78.6 Å². The molecule has 0 fully saturated rings. The Hall–Kier alpha value is -3.05. The fourth-order valence-electron chi connectivity index (χ4n) is 2.63. The van der Waals surface area contributed by atoms with Gasteiger partial charge in [-0.05, 0) is 41.0 Å². The zero-order valence-electron chi connectivity index (χ0n) is 13.3. The van der Waals surface area contributed by atoms with Crippen LogP contribution in [0.5, 0.6) is 0 Å². The molecule has 4 aromatic rings. The minimum atomic E-state index is -0.0595. The molecule has 122 valence electrons. The highest BCUT2D eigenvalue weighted by Crippen LogP contribution is 2.25. The van der Waals surface area contributed by atoms with Gasteiger partial charge in [0.05, 0.1) is 16.6 Å². The molecule has 0 unspecified atom stereocenters. The van der Waals surface area contributed by atoms with Crippen LogP contribution in [0, 0.1) is 0 Å². The molecule has 0 aliphatic carbocycles. The maximum absolute atomic E-state index is 12.3. The molecule has 1 amide bonds. The summed E-state index contributed by atoms with van der Waals surface area (Å²) in [5.41, 5.74) is 4.10. The predicted octanol–water partition coefficient (Wildman–Crippen LogP) is 4.54. The summed E-state index contributed by atoms with van der Waals surface area (Å²) in [7, 11) is 0. The van der Waals surface area contributed by atoms with E-state index in [-0.39, 0.29) is 5.91 Å². The van der Waals surface area contributed by atoms with Gasteiger partial charge in [0, 0.05) is 12.4 Å². The number of fused-ring (bicyclic) bond motifs is 1. The molecule has 2 aromatic heterocycles. The van der Waals surface area contributed by atoms with Gasteiger partial charge in [-0.25, -0.2) is 4.98 Å². The molecule has 0 saturated heterocycles. The first-order valence-electron chi connectivity index (χ1n) is 7.93. The monoisotopic (exact) mass is 345 g/mol. The van der Waals surface area contributed by atoms with Crippen LogP contribution >= 0.6 is 11.3 Å².